The fourth-order valence-electron chi connectivity index (χ4n) is 4.22. The molecule has 4 aromatic rings. The SMILES string of the molecule is Cc1ccc(F)cc1-c1cnc2c(c1)CN(c1nn3c(=O)ccnc3c(C)c1C)CC2. The molecular formula is C24H22FN5O. The van der Waals surface area contributed by atoms with Gasteiger partial charge in [0.2, 0.25) is 0 Å². The first kappa shape index (κ1) is 19.4. The largest absolute Gasteiger partial charge is 0.350 e. The number of halogens is 1. The first-order chi connectivity index (χ1) is 14.9. The molecule has 0 N–H and O–H groups in total. The van der Waals surface area contributed by atoms with Gasteiger partial charge in [0.25, 0.3) is 5.56 Å². The molecule has 4 heterocycles. The van der Waals surface area contributed by atoms with Crippen LogP contribution >= 0.6 is 0 Å². The maximum atomic E-state index is 13.8. The fraction of sp³-hybridized carbons (Fsp3) is 0.250. The monoisotopic (exact) mass is 415 g/mol. The van der Waals surface area contributed by atoms with E-state index in [4.69, 9.17) is 0 Å². The van der Waals surface area contributed by atoms with Crippen LogP contribution in [0.1, 0.15) is 27.9 Å². The second-order valence-corrected chi connectivity index (χ2v) is 8.05. The van der Waals surface area contributed by atoms with Crippen LogP contribution in [-0.2, 0) is 13.0 Å². The summed E-state index contributed by atoms with van der Waals surface area (Å²) in [5, 5.41) is 4.64. The summed E-state index contributed by atoms with van der Waals surface area (Å²) < 4.78 is 15.2. The minimum atomic E-state index is -0.259. The molecule has 0 aliphatic carbocycles. The van der Waals surface area contributed by atoms with Gasteiger partial charge in [0.05, 0.1) is 0 Å². The van der Waals surface area contributed by atoms with E-state index in [2.05, 4.69) is 26.0 Å². The van der Waals surface area contributed by atoms with Crippen molar-refractivity contribution in [1.29, 1.82) is 0 Å². The van der Waals surface area contributed by atoms with Crippen LogP contribution in [0.3, 0.4) is 0 Å². The van der Waals surface area contributed by atoms with Crippen molar-refractivity contribution in [3.8, 4) is 11.1 Å². The average molecular weight is 415 g/mol. The highest BCUT2D eigenvalue weighted by Gasteiger charge is 2.23. The molecule has 0 atom stereocenters. The van der Waals surface area contributed by atoms with Gasteiger partial charge < -0.3 is 4.90 Å². The minimum absolute atomic E-state index is 0.197. The van der Waals surface area contributed by atoms with Crippen molar-refractivity contribution >= 4 is 11.5 Å². The first-order valence-corrected chi connectivity index (χ1v) is 10.3. The molecule has 3 aromatic heterocycles. The lowest BCUT2D eigenvalue weighted by Crippen LogP contribution is -2.33. The molecule has 0 spiro atoms. The number of pyridine rings is 1. The quantitative estimate of drug-likeness (QED) is 0.499. The third-order valence-electron chi connectivity index (χ3n) is 6.10. The maximum absolute atomic E-state index is 13.8. The van der Waals surface area contributed by atoms with Gasteiger partial charge in [0, 0.05) is 60.4 Å². The molecule has 0 fully saturated rings. The predicted molar refractivity (Wildman–Crippen MR) is 118 cm³/mol. The number of anilines is 1. The van der Waals surface area contributed by atoms with E-state index in [0.29, 0.717) is 12.2 Å². The van der Waals surface area contributed by atoms with Gasteiger partial charge in [-0.25, -0.2) is 9.37 Å². The van der Waals surface area contributed by atoms with Crippen molar-refractivity contribution < 1.29 is 4.39 Å². The Bertz CT molecular complexity index is 1400. The summed E-state index contributed by atoms with van der Waals surface area (Å²) in [7, 11) is 0. The summed E-state index contributed by atoms with van der Waals surface area (Å²) in [5.41, 5.74) is 7.22. The van der Waals surface area contributed by atoms with E-state index < -0.39 is 0 Å². The lowest BCUT2D eigenvalue weighted by atomic mass is 9.97. The Balaban J connectivity index is 1.57. The van der Waals surface area contributed by atoms with Gasteiger partial charge in [-0.15, -0.1) is 5.10 Å². The maximum Gasteiger partial charge on any atom is 0.274 e. The Labute approximate surface area is 179 Å². The summed E-state index contributed by atoms with van der Waals surface area (Å²) in [6.07, 6.45) is 4.12. The molecule has 31 heavy (non-hydrogen) atoms. The number of nitrogens with zero attached hydrogens (tertiary/aromatic N) is 5. The van der Waals surface area contributed by atoms with Crippen LogP contribution in [0, 0.1) is 26.6 Å². The molecule has 6 nitrogen and oxygen atoms in total. The molecule has 0 saturated carbocycles. The van der Waals surface area contributed by atoms with Crippen LogP contribution in [-0.4, -0.2) is 26.1 Å². The number of aromatic nitrogens is 4. The van der Waals surface area contributed by atoms with Crippen LogP contribution < -0.4 is 10.5 Å². The molecule has 0 radical (unpaired) electrons. The van der Waals surface area contributed by atoms with Crippen LogP contribution in [0.5, 0.6) is 0 Å². The van der Waals surface area contributed by atoms with Crippen LogP contribution in [0.25, 0.3) is 16.8 Å². The second-order valence-electron chi connectivity index (χ2n) is 8.05. The zero-order valence-electron chi connectivity index (χ0n) is 17.7. The van der Waals surface area contributed by atoms with Crippen LogP contribution in [0.15, 0.2) is 47.5 Å². The van der Waals surface area contributed by atoms with Crippen molar-refractivity contribution in [3.05, 3.63) is 86.8 Å². The molecule has 0 unspecified atom stereocenters. The van der Waals surface area contributed by atoms with E-state index in [1.54, 1.807) is 12.1 Å². The summed E-state index contributed by atoms with van der Waals surface area (Å²) >= 11 is 0. The normalized spacial score (nSPS) is 13.5. The third kappa shape index (κ3) is 3.26. The molecule has 5 rings (SSSR count). The smallest absolute Gasteiger partial charge is 0.274 e. The molecule has 0 amide bonds. The number of rotatable bonds is 2. The van der Waals surface area contributed by atoms with Gasteiger partial charge in [-0.1, -0.05) is 6.07 Å². The molecule has 1 aliphatic rings. The Hall–Kier alpha value is -3.61. The van der Waals surface area contributed by atoms with Crippen molar-refractivity contribution in [1.82, 2.24) is 19.6 Å². The molecule has 7 heteroatoms. The van der Waals surface area contributed by atoms with Gasteiger partial charge in [0.1, 0.15) is 5.82 Å². The summed E-state index contributed by atoms with van der Waals surface area (Å²) in [4.78, 5) is 23.5. The molecule has 0 saturated heterocycles. The highest BCUT2D eigenvalue weighted by Crippen LogP contribution is 2.30. The van der Waals surface area contributed by atoms with Crippen molar-refractivity contribution in [3.63, 3.8) is 0 Å². The number of benzene rings is 1. The standard InChI is InChI=1S/C24H22FN5O/c1-14-4-5-19(25)11-20(14)17-10-18-13-29(9-7-21(18)27-12-17)24-16(3)15(2)23-26-8-6-22(31)30(23)28-24/h4-6,8,10-12H,7,9,13H2,1-3H3. The van der Waals surface area contributed by atoms with Gasteiger partial charge in [-0.3, -0.25) is 9.78 Å². The molecule has 0 bridgehead atoms. The summed E-state index contributed by atoms with van der Waals surface area (Å²) in [6, 6.07) is 8.32. The van der Waals surface area contributed by atoms with Gasteiger partial charge >= 0.3 is 0 Å². The fourth-order valence-corrected chi connectivity index (χ4v) is 4.22. The van der Waals surface area contributed by atoms with Gasteiger partial charge in [-0.2, -0.15) is 4.52 Å². The van der Waals surface area contributed by atoms with Crippen LogP contribution in [0.2, 0.25) is 0 Å². The molecule has 1 aromatic carbocycles. The zero-order chi connectivity index (χ0) is 21.7. The predicted octanol–water partition coefficient (Wildman–Crippen LogP) is 3.78. The summed E-state index contributed by atoms with van der Waals surface area (Å²) in [5.74, 6) is 0.517. The summed E-state index contributed by atoms with van der Waals surface area (Å²) in [6.45, 7) is 7.32. The average Bonchev–Trinajstić information content (AvgIpc) is 2.77. The highest BCUT2D eigenvalue weighted by molar-refractivity contribution is 5.68. The number of hydrogen-bond donors (Lipinski definition) is 0. The van der Waals surface area contributed by atoms with Crippen LogP contribution in [0.4, 0.5) is 10.2 Å². The van der Waals surface area contributed by atoms with E-state index in [1.165, 1.54) is 22.8 Å². The van der Waals surface area contributed by atoms with E-state index in [0.717, 1.165) is 57.9 Å². The topological polar surface area (TPSA) is 63.4 Å². The van der Waals surface area contributed by atoms with Gasteiger partial charge in [-0.05, 0) is 55.7 Å². The highest BCUT2D eigenvalue weighted by atomic mass is 19.1. The minimum Gasteiger partial charge on any atom is -0.350 e. The number of hydrogen-bond acceptors (Lipinski definition) is 5. The van der Waals surface area contributed by atoms with E-state index in [1.807, 2.05) is 27.0 Å². The molecular weight excluding hydrogens is 393 g/mol. The molecule has 1 aliphatic heterocycles. The van der Waals surface area contributed by atoms with E-state index >= 15 is 0 Å². The number of aryl methyl sites for hydroxylation is 2. The Morgan fingerprint density at radius 1 is 1.03 bits per heavy atom. The first-order valence-electron chi connectivity index (χ1n) is 10.3. The Morgan fingerprint density at radius 2 is 1.87 bits per heavy atom. The van der Waals surface area contributed by atoms with Crippen molar-refractivity contribution in [2.45, 2.75) is 33.7 Å². The molecule has 156 valence electrons. The Morgan fingerprint density at radius 3 is 2.71 bits per heavy atom. The zero-order valence-corrected chi connectivity index (χ0v) is 17.7. The number of fused-ring (bicyclic) bond motifs is 2. The van der Waals surface area contributed by atoms with Crippen molar-refractivity contribution in [2.75, 3.05) is 11.4 Å². The van der Waals surface area contributed by atoms with E-state index in [-0.39, 0.29) is 11.4 Å². The van der Waals surface area contributed by atoms with Gasteiger partial charge in [0.15, 0.2) is 11.5 Å². The lowest BCUT2D eigenvalue weighted by Gasteiger charge is -2.31. The second kappa shape index (κ2) is 7.27. The lowest BCUT2D eigenvalue weighted by molar-refractivity contribution is 0.628. The third-order valence-corrected chi connectivity index (χ3v) is 6.10. The Kier molecular flexibility index (Phi) is 4.54. The van der Waals surface area contributed by atoms with Crippen molar-refractivity contribution in [2.24, 2.45) is 0 Å². The van der Waals surface area contributed by atoms with E-state index in [9.17, 15) is 9.18 Å².